The van der Waals surface area contributed by atoms with E-state index in [9.17, 15) is 37.4 Å². The van der Waals surface area contributed by atoms with E-state index in [0.29, 0.717) is 73.4 Å². The van der Waals surface area contributed by atoms with Crippen LogP contribution in [0.3, 0.4) is 0 Å². The van der Waals surface area contributed by atoms with Gasteiger partial charge in [0.2, 0.25) is 0 Å². The summed E-state index contributed by atoms with van der Waals surface area (Å²) in [7, 11) is 3.13. The number of rotatable bonds is 20. The molecule has 2 fully saturated rings. The highest BCUT2D eigenvalue weighted by Gasteiger charge is 2.35. The van der Waals surface area contributed by atoms with Crippen molar-refractivity contribution in [2.75, 3.05) is 53.9 Å². The highest BCUT2D eigenvalue weighted by Crippen LogP contribution is 2.37. The molecular weight excluding hydrogens is 1260 g/mol. The summed E-state index contributed by atoms with van der Waals surface area (Å²) in [5.41, 5.74) is 1.59. The van der Waals surface area contributed by atoms with Crippen LogP contribution in [0, 0.1) is 58.4 Å². The van der Waals surface area contributed by atoms with Gasteiger partial charge in [0.1, 0.15) is 59.8 Å². The van der Waals surface area contributed by atoms with Gasteiger partial charge in [0.25, 0.3) is 11.8 Å². The summed E-state index contributed by atoms with van der Waals surface area (Å²) >= 11 is 11.5. The van der Waals surface area contributed by atoms with E-state index >= 15 is 17.6 Å². The number of carboxylic acid groups (broad SMARTS) is 2. The normalized spacial score (nSPS) is 16.3. The molecular formula is C66H52Cl2F8N6O10. The van der Waals surface area contributed by atoms with E-state index in [1.165, 1.54) is 60.7 Å². The van der Waals surface area contributed by atoms with Crippen LogP contribution in [0.2, 0.25) is 10.0 Å². The molecule has 2 aliphatic rings. The third-order valence-electron chi connectivity index (χ3n) is 15.7. The van der Waals surface area contributed by atoms with Gasteiger partial charge in [-0.25, -0.2) is 64.6 Å². The Balaban J connectivity index is 0.000000188. The number of methoxy groups -OCH3 is 2. The number of carbonyl (C=O) groups is 2. The molecule has 0 bridgehead atoms. The van der Waals surface area contributed by atoms with E-state index in [-0.39, 0.29) is 116 Å². The predicted octanol–water partition coefficient (Wildman–Crippen LogP) is 14.0. The SMILES string of the molecule is COC[C@H]1COC[C@H]1n1c(Cc2cc(F)c(-c3ccc(F)c(OCc4ccc(Cl)cc4F)n3)cc2F)nc2ccc(C(=O)O)cc21.COC[C@H]1COC[C@H]1n1c(Cc2cc(F)c(-c3ccc(F)c(OCc4ccc(Cl)cc4F)n3)cc2F)nc2ccc(C(=O)O)cc21. The molecule has 2 aliphatic heterocycles. The summed E-state index contributed by atoms with van der Waals surface area (Å²) in [5.74, 6) is -8.94. The molecule has 0 radical (unpaired) electrons. The van der Waals surface area contributed by atoms with Gasteiger partial charge < -0.3 is 47.8 Å². The minimum atomic E-state index is -1.11. The van der Waals surface area contributed by atoms with E-state index in [1.807, 2.05) is 9.13 Å². The van der Waals surface area contributed by atoms with Crippen molar-refractivity contribution in [2.24, 2.45) is 11.8 Å². The molecule has 6 aromatic carbocycles. The molecule has 4 aromatic heterocycles. The summed E-state index contributed by atoms with van der Waals surface area (Å²) in [6.07, 6.45) is -0.262. The highest BCUT2D eigenvalue weighted by atomic mass is 35.5. The Morgan fingerprint density at radius 3 is 1.26 bits per heavy atom. The molecule has 16 nitrogen and oxygen atoms in total. The van der Waals surface area contributed by atoms with Gasteiger partial charge in [-0.2, -0.15) is 0 Å². The molecule has 0 spiro atoms. The fraction of sp³-hybridized carbons (Fsp3) is 0.242. The van der Waals surface area contributed by atoms with E-state index in [2.05, 4.69) is 19.9 Å². The maximum atomic E-state index is 15.6. The second-order valence-corrected chi connectivity index (χ2v) is 22.5. The van der Waals surface area contributed by atoms with Gasteiger partial charge in [0.05, 0.1) is 96.3 Å². The van der Waals surface area contributed by atoms with Gasteiger partial charge in [-0.1, -0.05) is 35.3 Å². The Kier molecular flexibility index (Phi) is 19.5. The van der Waals surface area contributed by atoms with Crippen LogP contribution in [-0.2, 0) is 45.0 Å². The number of hydrogen-bond donors (Lipinski definition) is 2. The van der Waals surface area contributed by atoms with Crippen molar-refractivity contribution < 1.29 is 83.3 Å². The Labute approximate surface area is 528 Å². The summed E-state index contributed by atoms with van der Waals surface area (Å²) < 4.78 is 156. The first kappa shape index (κ1) is 64.5. The lowest BCUT2D eigenvalue weighted by Crippen LogP contribution is -2.23. The maximum Gasteiger partial charge on any atom is 0.335 e. The average molecular weight is 1310 g/mol. The Morgan fingerprint density at radius 2 is 0.880 bits per heavy atom. The van der Waals surface area contributed by atoms with Gasteiger partial charge in [-0.3, -0.25) is 0 Å². The average Bonchev–Trinajstić information content (AvgIpc) is 1.60. The standard InChI is InChI=1S/2C33H26ClF4N3O5/c2*1-44-13-20-14-45-16-30(20)41-29-9-17(33(42)43)3-6-28(29)39-31(41)10-19-8-26(38)22(12-25(19)37)27-7-5-23(35)32(40-27)46-15-18-2-4-21(34)11-24(18)36/h2*2-9,11-12,20,30H,10,13-16H2,1H3,(H,42,43)/t2*20-,30+/m00/s1. The molecule has 2 N–H and O–H groups in total. The molecule has 0 unspecified atom stereocenters. The molecule has 26 heteroatoms. The minimum absolute atomic E-state index is 0.0183. The largest absolute Gasteiger partial charge is 0.478 e. The third-order valence-corrected chi connectivity index (χ3v) is 16.2. The number of nitrogens with zero attached hydrogens (tertiary/aromatic N) is 6. The quantitative estimate of drug-likeness (QED) is 0.0685. The van der Waals surface area contributed by atoms with Crippen LogP contribution in [0.15, 0.2) is 121 Å². The maximum absolute atomic E-state index is 15.6. The van der Waals surface area contributed by atoms with Gasteiger partial charge in [0.15, 0.2) is 11.6 Å². The molecule has 12 rings (SSSR count). The first-order chi connectivity index (χ1) is 44.2. The molecule has 476 valence electrons. The van der Waals surface area contributed by atoms with Gasteiger partial charge in [0, 0.05) is 71.2 Å². The Bertz CT molecular complexity index is 4180. The summed E-state index contributed by atoms with van der Waals surface area (Å²) in [4.78, 5) is 40.8. The topological polar surface area (TPSA) is 191 Å². The van der Waals surface area contributed by atoms with Crippen molar-refractivity contribution in [1.82, 2.24) is 29.1 Å². The molecule has 2 saturated heterocycles. The number of aromatic carboxylic acids is 2. The van der Waals surface area contributed by atoms with Crippen molar-refractivity contribution in [3.05, 3.63) is 223 Å². The fourth-order valence-corrected chi connectivity index (χ4v) is 11.5. The van der Waals surface area contributed by atoms with Crippen molar-refractivity contribution in [3.63, 3.8) is 0 Å². The first-order valence-electron chi connectivity index (χ1n) is 28.3. The number of fused-ring (bicyclic) bond motifs is 2. The van der Waals surface area contributed by atoms with Crippen LogP contribution in [0.1, 0.15) is 66.7 Å². The molecule has 0 aliphatic carbocycles. The molecule has 4 atom stereocenters. The molecule has 6 heterocycles. The number of halogens is 10. The summed E-state index contributed by atoms with van der Waals surface area (Å²) in [5, 5.41) is 19.5. The van der Waals surface area contributed by atoms with Crippen molar-refractivity contribution in [3.8, 4) is 34.3 Å². The van der Waals surface area contributed by atoms with E-state index in [4.69, 9.17) is 51.6 Å². The number of hydrogen-bond acceptors (Lipinski definition) is 12. The monoisotopic (exact) mass is 1310 g/mol. The van der Waals surface area contributed by atoms with Crippen molar-refractivity contribution in [1.29, 1.82) is 0 Å². The fourth-order valence-electron chi connectivity index (χ4n) is 11.1. The van der Waals surface area contributed by atoms with Gasteiger partial charge >= 0.3 is 11.9 Å². The second-order valence-electron chi connectivity index (χ2n) is 21.7. The van der Waals surface area contributed by atoms with E-state index in [1.54, 1.807) is 26.4 Å². The van der Waals surface area contributed by atoms with E-state index in [0.717, 1.165) is 48.5 Å². The third kappa shape index (κ3) is 13.9. The lowest BCUT2D eigenvalue weighted by Gasteiger charge is -2.22. The highest BCUT2D eigenvalue weighted by molar-refractivity contribution is 6.30. The number of imidazole rings is 2. The van der Waals surface area contributed by atoms with Gasteiger partial charge in [-0.05, 0) is 120 Å². The lowest BCUT2D eigenvalue weighted by molar-refractivity contribution is 0.0686. The zero-order valence-electron chi connectivity index (χ0n) is 48.6. The summed E-state index contributed by atoms with van der Waals surface area (Å²) in [6.45, 7) is 1.38. The Morgan fingerprint density at radius 1 is 0.478 bits per heavy atom. The Hall–Kier alpha value is -9.04. The minimum Gasteiger partial charge on any atom is -0.478 e. The summed E-state index contributed by atoms with van der Waals surface area (Å²) in [6, 6.07) is 24.5. The van der Waals surface area contributed by atoms with Gasteiger partial charge in [-0.15, -0.1) is 0 Å². The number of pyridine rings is 2. The van der Waals surface area contributed by atoms with Crippen LogP contribution in [-0.4, -0.2) is 105 Å². The van der Waals surface area contributed by atoms with Crippen molar-refractivity contribution in [2.45, 2.75) is 38.1 Å². The van der Waals surface area contributed by atoms with E-state index < -0.39 is 70.2 Å². The zero-order chi connectivity index (χ0) is 65.1. The second kappa shape index (κ2) is 27.8. The molecule has 0 amide bonds. The molecule has 92 heavy (non-hydrogen) atoms. The number of ether oxygens (including phenoxy) is 6. The van der Waals surface area contributed by atoms with Crippen LogP contribution in [0.4, 0.5) is 35.1 Å². The lowest BCUT2D eigenvalue weighted by atomic mass is 10.0. The smallest absolute Gasteiger partial charge is 0.335 e. The number of benzene rings is 6. The first-order valence-corrected chi connectivity index (χ1v) is 29.1. The van der Waals surface area contributed by atoms with Crippen LogP contribution in [0.5, 0.6) is 11.8 Å². The van der Waals surface area contributed by atoms with Crippen LogP contribution >= 0.6 is 23.2 Å². The number of carboxylic acids is 2. The zero-order valence-corrected chi connectivity index (χ0v) is 50.1. The molecule has 10 aromatic rings. The predicted molar refractivity (Wildman–Crippen MR) is 320 cm³/mol. The van der Waals surface area contributed by atoms with Crippen molar-refractivity contribution >= 4 is 57.2 Å². The van der Waals surface area contributed by atoms with Crippen LogP contribution in [0.25, 0.3) is 44.6 Å². The van der Waals surface area contributed by atoms with Crippen LogP contribution < -0.4 is 9.47 Å². The molecule has 0 saturated carbocycles. The number of aromatic nitrogens is 6.